The zero-order chi connectivity index (χ0) is 20.2. The van der Waals surface area contributed by atoms with Crippen LogP contribution in [0, 0.1) is 0 Å². The number of aliphatic hydroxyl groups excluding tert-OH is 1. The van der Waals surface area contributed by atoms with Crippen molar-refractivity contribution in [2.45, 2.75) is 37.6 Å². The Morgan fingerprint density at radius 3 is 2.81 bits per heavy atom. The summed E-state index contributed by atoms with van der Waals surface area (Å²) in [4.78, 5) is 36.7. The zero-order valence-corrected chi connectivity index (χ0v) is 14.0. The molecule has 2 heterocycles. The lowest BCUT2D eigenvalue weighted by atomic mass is 10.2. The summed E-state index contributed by atoms with van der Waals surface area (Å²) < 4.78 is 48.7. The minimum absolute atomic E-state index is 0.152. The normalized spacial score (nSPS) is 22.6. The summed E-state index contributed by atoms with van der Waals surface area (Å²) >= 11 is 0. The first-order valence-electron chi connectivity index (χ1n) is 7.85. The molecule has 9 nitrogen and oxygen atoms in total. The van der Waals surface area contributed by atoms with E-state index in [0.717, 1.165) is 10.8 Å². The maximum atomic E-state index is 12.3. The van der Waals surface area contributed by atoms with Crippen LogP contribution in [-0.4, -0.2) is 52.2 Å². The Morgan fingerprint density at radius 1 is 1.52 bits per heavy atom. The molecular formula is C15H18F3N3O6. The van der Waals surface area contributed by atoms with Gasteiger partial charge in [0.25, 0.3) is 5.56 Å². The monoisotopic (exact) mass is 393 g/mol. The van der Waals surface area contributed by atoms with Crippen LogP contribution in [0.15, 0.2) is 28.4 Å². The predicted octanol–water partition coefficient (Wildman–Crippen LogP) is -0.434. The predicted molar refractivity (Wildman–Crippen MR) is 84.8 cm³/mol. The number of aliphatic hydroxyl groups is 1. The molecule has 0 saturated carbocycles. The molecule has 0 aromatic carbocycles. The van der Waals surface area contributed by atoms with E-state index >= 15 is 0 Å². The van der Waals surface area contributed by atoms with Crippen molar-refractivity contribution in [1.29, 1.82) is 0 Å². The highest BCUT2D eigenvalue weighted by atomic mass is 19.4. The van der Waals surface area contributed by atoms with Gasteiger partial charge in [0, 0.05) is 19.2 Å². The first-order chi connectivity index (χ1) is 12.7. The molecule has 3 N–H and O–H groups in total. The first kappa shape index (κ1) is 20.9. The third-order valence-electron chi connectivity index (χ3n) is 3.84. The van der Waals surface area contributed by atoms with Crippen LogP contribution < -0.4 is 16.6 Å². The van der Waals surface area contributed by atoms with Crippen molar-refractivity contribution in [1.82, 2.24) is 14.9 Å². The van der Waals surface area contributed by atoms with Gasteiger partial charge in [-0.3, -0.25) is 19.1 Å². The second-order valence-corrected chi connectivity index (χ2v) is 5.71. The number of aromatic nitrogens is 2. The van der Waals surface area contributed by atoms with Crippen LogP contribution in [0.5, 0.6) is 0 Å². The van der Waals surface area contributed by atoms with Crippen molar-refractivity contribution < 1.29 is 32.5 Å². The van der Waals surface area contributed by atoms with Crippen LogP contribution in [0.1, 0.15) is 18.2 Å². The van der Waals surface area contributed by atoms with Crippen LogP contribution in [0.2, 0.25) is 0 Å². The number of nitrogens with one attached hydrogen (secondary N) is 2. The topological polar surface area (TPSA) is 123 Å². The number of H-pyrrole nitrogens is 1. The number of amides is 1. The lowest BCUT2D eigenvalue weighted by Gasteiger charge is -2.16. The van der Waals surface area contributed by atoms with Crippen LogP contribution in [-0.2, 0) is 20.8 Å². The summed E-state index contributed by atoms with van der Waals surface area (Å²) in [6.07, 6.45) is -4.65. The molecular weight excluding hydrogens is 375 g/mol. The Bertz CT molecular complexity index is 803. The fourth-order valence-corrected chi connectivity index (χ4v) is 2.54. The number of aromatic amines is 1. The number of carbonyl (C=O) groups excluding carboxylic acids is 1. The van der Waals surface area contributed by atoms with Gasteiger partial charge in [0.15, 0.2) is 0 Å². The third-order valence-corrected chi connectivity index (χ3v) is 3.84. The molecule has 1 amide bonds. The molecule has 2 rings (SSSR count). The van der Waals surface area contributed by atoms with Crippen molar-refractivity contribution in [2.24, 2.45) is 0 Å². The molecule has 0 radical (unpaired) electrons. The number of ether oxygens (including phenoxy) is 2. The molecule has 0 spiro atoms. The SMILES string of the molecule is C=CCOC1C[C@H](n2cc(CNC(=O)C(F)(F)F)c(=O)[nH]c2=O)O[C@@H]1CO. The molecule has 12 heteroatoms. The molecule has 1 aromatic heterocycles. The van der Waals surface area contributed by atoms with E-state index in [1.54, 1.807) is 5.32 Å². The Morgan fingerprint density at radius 2 is 2.22 bits per heavy atom. The summed E-state index contributed by atoms with van der Waals surface area (Å²) in [6, 6.07) is 0. The lowest BCUT2D eigenvalue weighted by molar-refractivity contribution is -0.173. The second kappa shape index (κ2) is 8.50. The van der Waals surface area contributed by atoms with E-state index < -0.39 is 48.3 Å². The number of hydrogen-bond acceptors (Lipinski definition) is 6. The maximum Gasteiger partial charge on any atom is 0.471 e. The van der Waals surface area contributed by atoms with Gasteiger partial charge < -0.3 is 19.9 Å². The fourth-order valence-electron chi connectivity index (χ4n) is 2.54. The van der Waals surface area contributed by atoms with Crippen LogP contribution in [0.4, 0.5) is 13.2 Å². The molecule has 3 atom stereocenters. The zero-order valence-electron chi connectivity index (χ0n) is 14.0. The van der Waals surface area contributed by atoms with E-state index in [2.05, 4.69) is 6.58 Å². The highest BCUT2D eigenvalue weighted by Gasteiger charge is 2.39. The van der Waals surface area contributed by atoms with Crippen LogP contribution >= 0.6 is 0 Å². The maximum absolute atomic E-state index is 12.3. The van der Waals surface area contributed by atoms with E-state index in [-0.39, 0.29) is 25.2 Å². The highest BCUT2D eigenvalue weighted by Crippen LogP contribution is 2.29. The molecule has 1 fully saturated rings. The largest absolute Gasteiger partial charge is 0.471 e. The summed E-state index contributed by atoms with van der Waals surface area (Å²) in [5.74, 6) is -2.21. The Hall–Kier alpha value is -2.44. The van der Waals surface area contributed by atoms with E-state index in [4.69, 9.17) is 9.47 Å². The van der Waals surface area contributed by atoms with Crippen molar-refractivity contribution in [3.63, 3.8) is 0 Å². The van der Waals surface area contributed by atoms with Crippen molar-refractivity contribution in [3.05, 3.63) is 45.3 Å². The second-order valence-electron chi connectivity index (χ2n) is 5.71. The van der Waals surface area contributed by atoms with Gasteiger partial charge in [0.1, 0.15) is 12.3 Å². The highest BCUT2D eigenvalue weighted by molar-refractivity contribution is 5.81. The summed E-state index contributed by atoms with van der Waals surface area (Å²) in [5, 5.41) is 10.9. The third kappa shape index (κ3) is 5.05. The van der Waals surface area contributed by atoms with Gasteiger partial charge in [0.05, 0.1) is 24.9 Å². The molecule has 0 bridgehead atoms. The summed E-state index contributed by atoms with van der Waals surface area (Å²) in [6.45, 7) is 2.57. The molecule has 1 saturated heterocycles. The van der Waals surface area contributed by atoms with Gasteiger partial charge in [-0.15, -0.1) is 6.58 Å². The number of halogens is 3. The fraction of sp³-hybridized carbons (Fsp3) is 0.533. The quantitative estimate of drug-likeness (QED) is 0.540. The van der Waals surface area contributed by atoms with Gasteiger partial charge >= 0.3 is 17.8 Å². The minimum Gasteiger partial charge on any atom is -0.394 e. The average Bonchev–Trinajstić information content (AvgIpc) is 3.01. The van der Waals surface area contributed by atoms with Crippen molar-refractivity contribution >= 4 is 5.91 Å². The Balaban J connectivity index is 2.20. The number of nitrogens with zero attached hydrogens (tertiary/aromatic N) is 1. The van der Waals surface area contributed by atoms with Gasteiger partial charge in [0.2, 0.25) is 0 Å². The van der Waals surface area contributed by atoms with E-state index in [9.17, 15) is 32.7 Å². The van der Waals surface area contributed by atoms with Crippen LogP contribution in [0.25, 0.3) is 0 Å². The Labute approximate surface area is 150 Å². The number of alkyl halides is 3. The number of hydrogen-bond donors (Lipinski definition) is 3. The molecule has 1 aliphatic heterocycles. The van der Waals surface area contributed by atoms with Gasteiger partial charge in [-0.2, -0.15) is 13.2 Å². The Kier molecular flexibility index (Phi) is 6.57. The summed E-state index contributed by atoms with van der Waals surface area (Å²) in [5.41, 5.74) is -2.06. The molecule has 27 heavy (non-hydrogen) atoms. The van der Waals surface area contributed by atoms with E-state index in [1.807, 2.05) is 4.98 Å². The van der Waals surface area contributed by atoms with Gasteiger partial charge in [-0.1, -0.05) is 6.08 Å². The lowest BCUT2D eigenvalue weighted by Crippen LogP contribution is -2.40. The first-order valence-corrected chi connectivity index (χ1v) is 7.85. The molecule has 150 valence electrons. The number of carbonyl (C=O) groups is 1. The van der Waals surface area contributed by atoms with Crippen molar-refractivity contribution in [2.75, 3.05) is 13.2 Å². The summed E-state index contributed by atoms with van der Waals surface area (Å²) in [7, 11) is 0. The average molecular weight is 393 g/mol. The molecule has 1 aromatic rings. The molecule has 1 unspecified atom stereocenters. The smallest absolute Gasteiger partial charge is 0.394 e. The molecule has 0 aliphatic carbocycles. The number of rotatable bonds is 7. The van der Waals surface area contributed by atoms with E-state index in [0.29, 0.717) is 0 Å². The van der Waals surface area contributed by atoms with Crippen molar-refractivity contribution in [3.8, 4) is 0 Å². The van der Waals surface area contributed by atoms with Crippen LogP contribution in [0.3, 0.4) is 0 Å². The van der Waals surface area contributed by atoms with Gasteiger partial charge in [-0.05, 0) is 0 Å². The standard InChI is InChI=1S/C15H18F3N3O6/c1-2-3-26-9-4-11(27-10(9)7-22)21-6-8(12(23)20-14(21)25)5-19-13(24)15(16,17)18/h2,6,9-11,22H,1,3-5,7H2,(H,19,24)(H,20,23,25)/t9?,10-,11-/m1/s1. The van der Waals surface area contributed by atoms with E-state index in [1.165, 1.54) is 6.08 Å². The minimum atomic E-state index is -5.10. The van der Waals surface area contributed by atoms with Gasteiger partial charge in [-0.25, -0.2) is 4.79 Å². The molecule has 1 aliphatic rings.